The molecule has 1 aromatic rings. The van der Waals surface area contributed by atoms with Gasteiger partial charge in [-0.3, -0.25) is 4.79 Å². The summed E-state index contributed by atoms with van der Waals surface area (Å²) >= 11 is 0. The van der Waals surface area contributed by atoms with Crippen LogP contribution in [0.1, 0.15) is 43.2 Å². The molecular formula is C19H28N2O2. The molecule has 1 atom stereocenters. The van der Waals surface area contributed by atoms with Gasteiger partial charge in [-0.1, -0.05) is 25.0 Å². The van der Waals surface area contributed by atoms with Crippen molar-refractivity contribution >= 4 is 5.91 Å². The van der Waals surface area contributed by atoms with Crippen molar-refractivity contribution in [1.82, 2.24) is 4.90 Å². The molecule has 1 saturated heterocycles. The van der Waals surface area contributed by atoms with Gasteiger partial charge < -0.3 is 15.4 Å². The molecule has 1 aliphatic heterocycles. The Morgan fingerprint density at radius 2 is 2.13 bits per heavy atom. The largest absolute Gasteiger partial charge is 0.496 e. The number of carbonyl (C=O) groups excluding carboxylic acids is 1. The molecule has 0 radical (unpaired) electrons. The van der Waals surface area contributed by atoms with E-state index in [9.17, 15) is 4.79 Å². The second-order valence-electron chi connectivity index (χ2n) is 7.12. The fourth-order valence-electron chi connectivity index (χ4n) is 4.23. The molecule has 2 aliphatic rings. The van der Waals surface area contributed by atoms with Gasteiger partial charge in [-0.05, 0) is 55.8 Å². The predicted octanol–water partition coefficient (Wildman–Crippen LogP) is 2.62. The van der Waals surface area contributed by atoms with Crippen molar-refractivity contribution in [3.63, 3.8) is 0 Å². The van der Waals surface area contributed by atoms with Crippen LogP contribution >= 0.6 is 0 Å². The van der Waals surface area contributed by atoms with E-state index < -0.39 is 0 Å². The lowest BCUT2D eigenvalue weighted by Gasteiger charge is -2.33. The number of rotatable bonds is 4. The lowest BCUT2D eigenvalue weighted by molar-refractivity contribution is -0.136. The summed E-state index contributed by atoms with van der Waals surface area (Å²) in [5.74, 6) is 1.64. The fraction of sp³-hybridized carbons (Fsp3) is 0.632. The van der Waals surface area contributed by atoms with Crippen molar-refractivity contribution in [2.24, 2.45) is 11.7 Å². The zero-order chi connectivity index (χ0) is 16.4. The van der Waals surface area contributed by atoms with E-state index in [2.05, 4.69) is 23.1 Å². The first-order chi connectivity index (χ1) is 11.1. The predicted molar refractivity (Wildman–Crippen MR) is 91.6 cm³/mol. The molecule has 126 valence electrons. The van der Waals surface area contributed by atoms with Crippen molar-refractivity contribution in [2.45, 2.75) is 44.4 Å². The van der Waals surface area contributed by atoms with Gasteiger partial charge in [-0.25, -0.2) is 0 Å². The summed E-state index contributed by atoms with van der Waals surface area (Å²) in [5, 5.41) is 0. The Balaban J connectivity index is 1.92. The molecule has 1 unspecified atom stereocenters. The van der Waals surface area contributed by atoms with Crippen LogP contribution in [0.25, 0.3) is 0 Å². The Bertz CT molecular complexity index is 579. The summed E-state index contributed by atoms with van der Waals surface area (Å²) in [7, 11) is 1.70. The van der Waals surface area contributed by atoms with E-state index in [-0.39, 0.29) is 5.41 Å². The number of hydrogen-bond donors (Lipinski definition) is 1. The van der Waals surface area contributed by atoms with E-state index in [1.807, 2.05) is 6.92 Å². The number of nitrogens with two attached hydrogens (primary N) is 1. The van der Waals surface area contributed by atoms with E-state index in [0.29, 0.717) is 18.4 Å². The number of likely N-dealkylation sites (tertiary alicyclic amines) is 1. The van der Waals surface area contributed by atoms with E-state index >= 15 is 0 Å². The monoisotopic (exact) mass is 316 g/mol. The molecule has 4 nitrogen and oxygen atoms in total. The minimum absolute atomic E-state index is 0.303. The van der Waals surface area contributed by atoms with E-state index in [4.69, 9.17) is 10.5 Å². The van der Waals surface area contributed by atoms with Gasteiger partial charge in [-0.15, -0.1) is 0 Å². The molecule has 23 heavy (non-hydrogen) atoms. The third-order valence-corrected chi connectivity index (χ3v) is 5.73. The van der Waals surface area contributed by atoms with Crippen LogP contribution in [0.5, 0.6) is 5.75 Å². The Hall–Kier alpha value is -1.55. The zero-order valence-electron chi connectivity index (χ0n) is 14.3. The van der Waals surface area contributed by atoms with Crippen LogP contribution < -0.4 is 10.5 Å². The van der Waals surface area contributed by atoms with Gasteiger partial charge in [0.15, 0.2) is 0 Å². The minimum Gasteiger partial charge on any atom is -0.496 e. The number of hydrogen-bond acceptors (Lipinski definition) is 3. The van der Waals surface area contributed by atoms with Crippen LogP contribution in [0, 0.1) is 12.8 Å². The Morgan fingerprint density at radius 3 is 2.74 bits per heavy atom. The van der Waals surface area contributed by atoms with Gasteiger partial charge in [0.05, 0.1) is 12.5 Å². The van der Waals surface area contributed by atoms with Gasteiger partial charge in [-0.2, -0.15) is 0 Å². The average molecular weight is 316 g/mol. The van der Waals surface area contributed by atoms with Crippen molar-refractivity contribution in [3.05, 3.63) is 29.3 Å². The van der Waals surface area contributed by atoms with E-state index in [0.717, 1.165) is 62.1 Å². The minimum atomic E-state index is -0.357. The standard InChI is InChI=1S/C19H28N2O2/c1-14-5-6-16(11-17(14)23-2)19(8-3-4-9-19)18(22)21-10-7-15(12-20)13-21/h5-6,11,15H,3-4,7-10,12-13,20H2,1-2H3. The molecule has 4 heteroatoms. The number of ether oxygens (including phenoxy) is 1. The second kappa shape index (κ2) is 6.52. The molecule has 1 aliphatic carbocycles. The van der Waals surface area contributed by atoms with Gasteiger partial charge in [0.2, 0.25) is 5.91 Å². The normalized spacial score (nSPS) is 23.3. The lowest BCUT2D eigenvalue weighted by atomic mass is 9.77. The Labute approximate surface area is 139 Å². The third kappa shape index (κ3) is 2.85. The van der Waals surface area contributed by atoms with E-state index in [1.54, 1.807) is 7.11 Å². The van der Waals surface area contributed by atoms with Gasteiger partial charge >= 0.3 is 0 Å². The number of benzene rings is 1. The molecular weight excluding hydrogens is 288 g/mol. The molecule has 0 bridgehead atoms. The highest BCUT2D eigenvalue weighted by molar-refractivity contribution is 5.89. The average Bonchev–Trinajstić information content (AvgIpc) is 3.24. The van der Waals surface area contributed by atoms with Crippen molar-refractivity contribution in [2.75, 3.05) is 26.7 Å². The maximum absolute atomic E-state index is 13.4. The van der Waals surface area contributed by atoms with Crippen molar-refractivity contribution < 1.29 is 9.53 Å². The highest BCUT2D eigenvalue weighted by Gasteiger charge is 2.46. The number of aryl methyl sites for hydroxylation is 1. The molecule has 1 amide bonds. The quantitative estimate of drug-likeness (QED) is 0.929. The maximum atomic E-state index is 13.4. The smallest absolute Gasteiger partial charge is 0.233 e. The fourth-order valence-corrected chi connectivity index (χ4v) is 4.23. The van der Waals surface area contributed by atoms with Crippen LogP contribution in [0.15, 0.2) is 18.2 Å². The number of methoxy groups -OCH3 is 1. The molecule has 3 rings (SSSR count). The van der Waals surface area contributed by atoms with Gasteiger partial charge in [0.1, 0.15) is 5.75 Å². The summed E-state index contributed by atoms with van der Waals surface area (Å²) in [6.45, 7) is 4.39. The molecule has 0 spiro atoms. The van der Waals surface area contributed by atoms with Crippen molar-refractivity contribution in [3.8, 4) is 5.75 Å². The highest BCUT2D eigenvalue weighted by atomic mass is 16.5. The topological polar surface area (TPSA) is 55.6 Å². The molecule has 1 aromatic carbocycles. The Morgan fingerprint density at radius 1 is 1.39 bits per heavy atom. The summed E-state index contributed by atoms with van der Waals surface area (Å²) in [6, 6.07) is 6.28. The number of carbonyl (C=O) groups is 1. The summed E-state index contributed by atoms with van der Waals surface area (Å²) < 4.78 is 5.49. The number of amides is 1. The molecule has 1 saturated carbocycles. The third-order valence-electron chi connectivity index (χ3n) is 5.73. The first kappa shape index (κ1) is 16.3. The van der Waals surface area contributed by atoms with Gasteiger partial charge in [0.25, 0.3) is 0 Å². The van der Waals surface area contributed by atoms with Crippen LogP contribution in [0.4, 0.5) is 0 Å². The highest BCUT2D eigenvalue weighted by Crippen LogP contribution is 2.44. The van der Waals surface area contributed by atoms with Gasteiger partial charge in [0, 0.05) is 13.1 Å². The maximum Gasteiger partial charge on any atom is 0.233 e. The van der Waals surface area contributed by atoms with Crippen LogP contribution in [-0.4, -0.2) is 37.6 Å². The first-order valence-corrected chi connectivity index (χ1v) is 8.75. The molecule has 1 heterocycles. The Kier molecular flexibility index (Phi) is 4.62. The second-order valence-corrected chi connectivity index (χ2v) is 7.12. The van der Waals surface area contributed by atoms with E-state index in [1.165, 1.54) is 0 Å². The summed E-state index contributed by atoms with van der Waals surface area (Å²) in [6.07, 6.45) is 5.17. The van der Waals surface area contributed by atoms with Crippen LogP contribution in [0.3, 0.4) is 0 Å². The lowest BCUT2D eigenvalue weighted by Crippen LogP contribution is -2.44. The van der Waals surface area contributed by atoms with Crippen LogP contribution in [-0.2, 0) is 10.2 Å². The summed E-state index contributed by atoms with van der Waals surface area (Å²) in [4.78, 5) is 15.4. The SMILES string of the molecule is COc1cc(C2(C(=O)N3CCC(CN)C3)CCCC2)ccc1C. The first-order valence-electron chi connectivity index (χ1n) is 8.75. The van der Waals surface area contributed by atoms with Crippen molar-refractivity contribution in [1.29, 1.82) is 0 Å². The number of nitrogens with zero attached hydrogens (tertiary/aromatic N) is 1. The molecule has 2 N–H and O–H groups in total. The van der Waals surface area contributed by atoms with Crippen LogP contribution in [0.2, 0.25) is 0 Å². The zero-order valence-corrected chi connectivity index (χ0v) is 14.3. The molecule has 2 fully saturated rings. The molecule has 0 aromatic heterocycles. The summed E-state index contributed by atoms with van der Waals surface area (Å²) in [5.41, 5.74) is 7.67.